The zero-order valence-corrected chi connectivity index (χ0v) is 10.5. The molecule has 0 aliphatic carbocycles. The second-order valence-electron chi connectivity index (χ2n) is 4.60. The van der Waals surface area contributed by atoms with Gasteiger partial charge in [-0.05, 0) is 25.0 Å². The van der Waals surface area contributed by atoms with Crippen LogP contribution in [0.1, 0.15) is 29.8 Å². The molecule has 1 rings (SSSR count). The van der Waals surface area contributed by atoms with Gasteiger partial charge in [0.2, 0.25) is 0 Å². The lowest BCUT2D eigenvalue weighted by atomic mass is 10.1. The van der Waals surface area contributed by atoms with E-state index in [0.717, 1.165) is 5.56 Å². The monoisotopic (exact) mass is 238 g/mol. The minimum absolute atomic E-state index is 0.0703. The number of carbonyl (C=O) groups excluding carboxylic acids is 1. The van der Waals surface area contributed by atoms with Gasteiger partial charge in [-0.25, -0.2) is 4.39 Å². The molecule has 0 saturated carbocycles. The smallest absolute Gasteiger partial charge is 0.254 e. The van der Waals surface area contributed by atoms with Crippen LogP contribution in [0.25, 0.3) is 0 Å². The van der Waals surface area contributed by atoms with Gasteiger partial charge in [0.15, 0.2) is 0 Å². The maximum atomic E-state index is 13.4. The minimum Gasteiger partial charge on any atom is -0.350 e. The highest BCUT2D eigenvalue weighted by molar-refractivity contribution is 5.94. The summed E-state index contributed by atoms with van der Waals surface area (Å²) in [6.45, 7) is 6.12. The Morgan fingerprint density at radius 1 is 1.47 bits per heavy atom. The van der Waals surface area contributed by atoms with E-state index in [0.29, 0.717) is 6.54 Å². The summed E-state index contributed by atoms with van der Waals surface area (Å²) in [7, 11) is 0. The number of nitrogens with two attached hydrogens (primary N) is 1. The third kappa shape index (κ3) is 3.82. The number of aryl methyl sites for hydroxylation is 1. The Balaban J connectivity index is 2.67. The summed E-state index contributed by atoms with van der Waals surface area (Å²) in [5.41, 5.74) is 6.72. The molecule has 0 fully saturated rings. The molecule has 1 amide bonds. The number of hydrogen-bond acceptors (Lipinski definition) is 2. The molecule has 0 radical (unpaired) electrons. The maximum absolute atomic E-state index is 13.4. The summed E-state index contributed by atoms with van der Waals surface area (Å²) < 4.78 is 13.4. The molecule has 0 aliphatic rings. The van der Waals surface area contributed by atoms with Gasteiger partial charge >= 0.3 is 0 Å². The van der Waals surface area contributed by atoms with E-state index in [-0.39, 0.29) is 17.5 Å². The van der Waals surface area contributed by atoms with Crippen LogP contribution >= 0.6 is 0 Å². The molecule has 0 aromatic heterocycles. The first-order valence-electron chi connectivity index (χ1n) is 5.71. The van der Waals surface area contributed by atoms with Crippen LogP contribution in [0, 0.1) is 18.7 Å². The average Bonchev–Trinajstić information content (AvgIpc) is 2.28. The van der Waals surface area contributed by atoms with Crippen LogP contribution in [0.4, 0.5) is 4.39 Å². The fourth-order valence-corrected chi connectivity index (χ4v) is 1.35. The molecule has 94 valence electrons. The minimum atomic E-state index is -0.508. The van der Waals surface area contributed by atoms with E-state index in [2.05, 4.69) is 5.32 Å². The van der Waals surface area contributed by atoms with Crippen molar-refractivity contribution in [2.24, 2.45) is 11.7 Å². The Morgan fingerprint density at radius 2 is 2.12 bits per heavy atom. The van der Waals surface area contributed by atoms with Crippen molar-refractivity contribution in [1.29, 1.82) is 0 Å². The summed E-state index contributed by atoms with van der Waals surface area (Å²) in [4.78, 5) is 11.7. The normalized spacial score (nSPS) is 12.6. The number of benzene rings is 1. The molecule has 3 N–H and O–H groups in total. The third-order valence-electron chi connectivity index (χ3n) is 2.72. The van der Waals surface area contributed by atoms with Crippen LogP contribution in [0.3, 0.4) is 0 Å². The quantitative estimate of drug-likeness (QED) is 0.841. The molecule has 3 nitrogen and oxygen atoms in total. The standard InChI is InChI=1S/C13H19FN2O/c1-8(2)12(15)7-16-13(17)10-6-9(3)4-5-11(10)14/h4-6,8,12H,7,15H2,1-3H3,(H,16,17). The van der Waals surface area contributed by atoms with Crippen molar-refractivity contribution < 1.29 is 9.18 Å². The molecular formula is C13H19FN2O. The molecule has 1 aromatic rings. The fraction of sp³-hybridized carbons (Fsp3) is 0.462. The van der Waals surface area contributed by atoms with E-state index in [1.807, 2.05) is 20.8 Å². The first-order chi connectivity index (χ1) is 7.91. The second-order valence-corrected chi connectivity index (χ2v) is 4.60. The lowest BCUT2D eigenvalue weighted by molar-refractivity contribution is 0.0945. The number of amides is 1. The summed E-state index contributed by atoms with van der Waals surface area (Å²) in [5.74, 6) is -0.647. The summed E-state index contributed by atoms with van der Waals surface area (Å²) in [6.07, 6.45) is 0. The van der Waals surface area contributed by atoms with E-state index >= 15 is 0 Å². The molecule has 17 heavy (non-hydrogen) atoms. The first kappa shape index (κ1) is 13.6. The molecule has 0 aliphatic heterocycles. The molecule has 4 heteroatoms. The first-order valence-corrected chi connectivity index (χ1v) is 5.71. The molecule has 1 aromatic carbocycles. The number of carbonyl (C=O) groups is 1. The van der Waals surface area contributed by atoms with Gasteiger partial charge in [0.25, 0.3) is 5.91 Å². The lowest BCUT2D eigenvalue weighted by Crippen LogP contribution is -2.40. The van der Waals surface area contributed by atoms with Gasteiger partial charge in [-0.2, -0.15) is 0 Å². The van der Waals surface area contributed by atoms with Gasteiger partial charge in [0.05, 0.1) is 5.56 Å². The summed E-state index contributed by atoms with van der Waals surface area (Å²) in [5, 5.41) is 2.64. The zero-order valence-electron chi connectivity index (χ0n) is 10.5. The van der Waals surface area contributed by atoms with Crippen molar-refractivity contribution in [3.63, 3.8) is 0 Å². The van der Waals surface area contributed by atoms with Gasteiger partial charge in [0, 0.05) is 12.6 Å². The highest BCUT2D eigenvalue weighted by Crippen LogP contribution is 2.09. The van der Waals surface area contributed by atoms with Crippen LogP contribution in [0.15, 0.2) is 18.2 Å². The van der Waals surface area contributed by atoms with E-state index in [4.69, 9.17) is 5.73 Å². The summed E-state index contributed by atoms with van der Waals surface area (Å²) >= 11 is 0. The molecule has 0 saturated heterocycles. The zero-order chi connectivity index (χ0) is 13.0. The number of hydrogen-bond donors (Lipinski definition) is 2. The molecule has 1 unspecified atom stereocenters. The Kier molecular flexibility index (Phi) is 4.63. The molecular weight excluding hydrogens is 219 g/mol. The van der Waals surface area contributed by atoms with Gasteiger partial charge in [0.1, 0.15) is 5.82 Å². The maximum Gasteiger partial charge on any atom is 0.254 e. The Morgan fingerprint density at radius 3 is 2.71 bits per heavy atom. The fourth-order valence-electron chi connectivity index (χ4n) is 1.35. The van der Waals surface area contributed by atoms with E-state index < -0.39 is 11.7 Å². The van der Waals surface area contributed by atoms with E-state index in [1.165, 1.54) is 12.1 Å². The van der Waals surface area contributed by atoms with Crippen LogP contribution < -0.4 is 11.1 Å². The molecule has 0 bridgehead atoms. The number of rotatable bonds is 4. The Hall–Kier alpha value is -1.42. The van der Waals surface area contributed by atoms with E-state index in [9.17, 15) is 9.18 Å². The Labute approximate surface area is 101 Å². The van der Waals surface area contributed by atoms with Crippen LogP contribution in [-0.4, -0.2) is 18.5 Å². The lowest BCUT2D eigenvalue weighted by Gasteiger charge is -2.16. The SMILES string of the molecule is Cc1ccc(F)c(C(=O)NCC(N)C(C)C)c1. The van der Waals surface area contributed by atoms with Gasteiger partial charge in [-0.3, -0.25) is 4.79 Å². The molecule has 0 spiro atoms. The average molecular weight is 238 g/mol. The van der Waals surface area contributed by atoms with Crippen molar-refractivity contribution >= 4 is 5.91 Å². The molecule has 1 atom stereocenters. The summed E-state index contributed by atoms with van der Waals surface area (Å²) in [6, 6.07) is 4.34. The van der Waals surface area contributed by atoms with Crippen LogP contribution in [0.5, 0.6) is 0 Å². The van der Waals surface area contributed by atoms with Crippen LogP contribution in [0.2, 0.25) is 0 Å². The van der Waals surface area contributed by atoms with Gasteiger partial charge in [-0.1, -0.05) is 25.5 Å². The third-order valence-corrected chi connectivity index (χ3v) is 2.72. The van der Waals surface area contributed by atoms with Crippen molar-refractivity contribution in [1.82, 2.24) is 5.32 Å². The second kappa shape index (κ2) is 5.77. The van der Waals surface area contributed by atoms with Crippen molar-refractivity contribution in [3.8, 4) is 0 Å². The topological polar surface area (TPSA) is 55.1 Å². The van der Waals surface area contributed by atoms with Crippen LogP contribution in [-0.2, 0) is 0 Å². The van der Waals surface area contributed by atoms with Crippen molar-refractivity contribution in [2.75, 3.05) is 6.54 Å². The van der Waals surface area contributed by atoms with Crippen molar-refractivity contribution in [2.45, 2.75) is 26.8 Å². The number of nitrogens with one attached hydrogen (secondary N) is 1. The van der Waals surface area contributed by atoms with Gasteiger partial charge in [-0.15, -0.1) is 0 Å². The highest BCUT2D eigenvalue weighted by Gasteiger charge is 2.14. The van der Waals surface area contributed by atoms with E-state index in [1.54, 1.807) is 6.07 Å². The highest BCUT2D eigenvalue weighted by atomic mass is 19.1. The van der Waals surface area contributed by atoms with Crippen molar-refractivity contribution in [3.05, 3.63) is 35.1 Å². The predicted octanol–water partition coefficient (Wildman–Crippen LogP) is 1.85. The Bertz CT molecular complexity index is 404. The predicted molar refractivity (Wildman–Crippen MR) is 66.3 cm³/mol. The van der Waals surface area contributed by atoms with Gasteiger partial charge < -0.3 is 11.1 Å². The largest absolute Gasteiger partial charge is 0.350 e. The number of halogens is 1. The molecule has 0 heterocycles.